The maximum absolute atomic E-state index is 12.4. The number of aromatic amines is 1. The Labute approximate surface area is 163 Å². The molecule has 0 aliphatic rings. The molecule has 142 valence electrons. The maximum atomic E-state index is 12.4. The highest BCUT2D eigenvalue weighted by atomic mass is 32.1. The first-order chi connectivity index (χ1) is 13.5. The number of aryl methyl sites for hydroxylation is 2. The second-order valence-electron chi connectivity index (χ2n) is 6.23. The van der Waals surface area contributed by atoms with Crippen LogP contribution in [0.2, 0.25) is 0 Å². The molecule has 0 saturated carbocycles. The van der Waals surface area contributed by atoms with Gasteiger partial charge in [0.2, 0.25) is 0 Å². The number of pyridine rings is 1. The minimum Gasteiger partial charge on any atom is -0.350 e. The van der Waals surface area contributed by atoms with Gasteiger partial charge < -0.3 is 10.3 Å². The number of rotatable bonds is 5. The van der Waals surface area contributed by atoms with E-state index >= 15 is 0 Å². The van der Waals surface area contributed by atoms with E-state index in [2.05, 4.69) is 30.5 Å². The lowest BCUT2D eigenvalue weighted by Crippen LogP contribution is -2.27. The van der Waals surface area contributed by atoms with Crippen LogP contribution in [0.4, 0.5) is 0 Å². The first kappa shape index (κ1) is 18.0. The zero-order valence-corrected chi connectivity index (χ0v) is 16.1. The van der Waals surface area contributed by atoms with E-state index in [1.165, 1.54) is 24.0 Å². The lowest BCUT2D eigenvalue weighted by atomic mass is 10.2. The van der Waals surface area contributed by atoms with Crippen molar-refractivity contribution in [2.24, 2.45) is 0 Å². The van der Waals surface area contributed by atoms with E-state index in [-0.39, 0.29) is 17.2 Å². The largest absolute Gasteiger partial charge is 0.350 e. The molecule has 2 N–H and O–H groups in total. The van der Waals surface area contributed by atoms with Crippen LogP contribution in [0, 0.1) is 13.8 Å². The summed E-state index contributed by atoms with van der Waals surface area (Å²) in [5, 5.41) is 10.9. The molecule has 4 rings (SSSR count). The van der Waals surface area contributed by atoms with Crippen molar-refractivity contribution in [3.8, 4) is 5.82 Å². The van der Waals surface area contributed by atoms with Crippen LogP contribution in [-0.2, 0) is 6.42 Å². The Balaban J connectivity index is 1.44. The smallest absolute Gasteiger partial charge is 0.269 e. The van der Waals surface area contributed by atoms with Gasteiger partial charge in [-0.05, 0) is 31.5 Å². The molecule has 0 bridgehead atoms. The van der Waals surface area contributed by atoms with Crippen LogP contribution in [0.25, 0.3) is 16.0 Å². The van der Waals surface area contributed by atoms with Gasteiger partial charge in [0.1, 0.15) is 34.8 Å². The number of fused-ring (bicyclic) bond motifs is 1. The van der Waals surface area contributed by atoms with Gasteiger partial charge in [-0.25, -0.2) is 9.97 Å². The third-order valence-electron chi connectivity index (χ3n) is 4.39. The Morgan fingerprint density at radius 2 is 2.00 bits per heavy atom. The Morgan fingerprint density at radius 3 is 2.79 bits per heavy atom. The average molecular weight is 395 g/mol. The zero-order valence-electron chi connectivity index (χ0n) is 15.3. The van der Waals surface area contributed by atoms with Gasteiger partial charge in [0.25, 0.3) is 11.5 Å². The third kappa shape index (κ3) is 3.41. The molecule has 0 aliphatic heterocycles. The molecule has 0 aliphatic carbocycles. The second kappa shape index (κ2) is 7.31. The number of H-pyrrole nitrogens is 1. The van der Waals surface area contributed by atoms with Crippen molar-refractivity contribution in [1.82, 2.24) is 35.0 Å². The number of hydrogen-bond acceptors (Lipinski definition) is 7. The summed E-state index contributed by atoms with van der Waals surface area (Å²) < 4.78 is 1.62. The molecule has 0 radical (unpaired) electrons. The van der Waals surface area contributed by atoms with Gasteiger partial charge in [-0.15, -0.1) is 21.5 Å². The van der Waals surface area contributed by atoms with Crippen molar-refractivity contribution < 1.29 is 4.79 Å². The second-order valence-corrected chi connectivity index (χ2v) is 7.44. The predicted molar refractivity (Wildman–Crippen MR) is 105 cm³/mol. The predicted octanol–water partition coefficient (Wildman–Crippen LogP) is 1.55. The van der Waals surface area contributed by atoms with Crippen LogP contribution < -0.4 is 10.9 Å². The number of hydrogen-bond donors (Lipinski definition) is 2. The third-order valence-corrected chi connectivity index (χ3v) is 5.49. The van der Waals surface area contributed by atoms with Crippen molar-refractivity contribution in [3.05, 3.63) is 63.2 Å². The van der Waals surface area contributed by atoms with E-state index < -0.39 is 0 Å². The van der Waals surface area contributed by atoms with Crippen LogP contribution in [0.15, 0.2) is 35.6 Å². The molecule has 0 saturated heterocycles. The van der Waals surface area contributed by atoms with E-state index in [0.717, 1.165) is 15.3 Å². The summed E-state index contributed by atoms with van der Waals surface area (Å²) in [6.45, 7) is 4.23. The molecule has 9 nitrogen and oxygen atoms in total. The fraction of sp³-hybridized carbons (Fsp3) is 0.222. The van der Waals surface area contributed by atoms with Crippen LogP contribution in [0.3, 0.4) is 0 Å². The summed E-state index contributed by atoms with van der Waals surface area (Å²) in [6.07, 6.45) is 3.43. The van der Waals surface area contributed by atoms with E-state index in [9.17, 15) is 9.59 Å². The summed E-state index contributed by atoms with van der Waals surface area (Å²) in [4.78, 5) is 38.1. The number of nitrogens with zero attached hydrogens (tertiary/aromatic N) is 5. The molecule has 4 aromatic heterocycles. The standard InChI is InChI=1S/C18H17N7O2S/c1-10-11(2)28-18-15(10)17(27)23-13(24-18)6-7-19-16(26)12-4-3-5-14(22-12)25-8-20-21-9-25/h3-5,8-9H,6-7H2,1-2H3,(H,19,26)(H,23,24,27). The fourth-order valence-corrected chi connectivity index (χ4v) is 3.86. The van der Waals surface area contributed by atoms with Crippen molar-refractivity contribution in [2.75, 3.05) is 6.54 Å². The van der Waals surface area contributed by atoms with Crippen LogP contribution in [-0.4, -0.2) is 42.2 Å². The molecule has 0 atom stereocenters. The van der Waals surface area contributed by atoms with Crippen LogP contribution >= 0.6 is 11.3 Å². The average Bonchev–Trinajstić information content (AvgIpc) is 3.31. The highest BCUT2D eigenvalue weighted by Crippen LogP contribution is 2.25. The van der Waals surface area contributed by atoms with Crippen molar-refractivity contribution in [2.45, 2.75) is 20.3 Å². The van der Waals surface area contributed by atoms with Crippen molar-refractivity contribution >= 4 is 27.5 Å². The lowest BCUT2D eigenvalue weighted by Gasteiger charge is -2.06. The van der Waals surface area contributed by atoms with Crippen LogP contribution in [0.5, 0.6) is 0 Å². The summed E-state index contributed by atoms with van der Waals surface area (Å²) in [5.74, 6) is 0.795. The molecule has 4 aromatic rings. The zero-order chi connectivity index (χ0) is 19.7. The molecule has 1 amide bonds. The molecular weight excluding hydrogens is 378 g/mol. The molecule has 0 spiro atoms. The topological polar surface area (TPSA) is 118 Å². The lowest BCUT2D eigenvalue weighted by molar-refractivity contribution is 0.0949. The summed E-state index contributed by atoms with van der Waals surface area (Å²) in [6, 6.07) is 5.13. The Kier molecular flexibility index (Phi) is 4.70. The number of amides is 1. The highest BCUT2D eigenvalue weighted by Gasteiger charge is 2.13. The normalized spacial score (nSPS) is 11.1. The monoisotopic (exact) mass is 395 g/mol. The molecule has 0 unspecified atom stereocenters. The molecule has 0 aromatic carbocycles. The summed E-state index contributed by atoms with van der Waals surface area (Å²) >= 11 is 1.50. The molecule has 4 heterocycles. The number of carbonyl (C=O) groups is 1. The number of carbonyl (C=O) groups excluding carboxylic acids is 1. The molecule has 10 heteroatoms. The Hall–Kier alpha value is -3.40. The minimum absolute atomic E-state index is 0.142. The number of nitrogens with one attached hydrogen (secondary N) is 2. The minimum atomic E-state index is -0.304. The number of thiophene rings is 1. The number of aromatic nitrogens is 6. The van der Waals surface area contributed by atoms with E-state index in [1.807, 2.05) is 13.8 Å². The van der Waals surface area contributed by atoms with E-state index in [0.29, 0.717) is 30.0 Å². The fourth-order valence-electron chi connectivity index (χ4n) is 2.82. The van der Waals surface area contributed by atoms with E-state index in [4.69, 9.17) is 0 Å². The Bertz CT molecular complexity index is 1210. The van der Waals surface area contributed by atoms with Gasteiger partial charge in [0.05, 0.1) is 5.39 Å². The molecule has 28 heavy (non-hydrogen) atoms. The van der Waals surface area contributed by atoms with Gasteiger partial charge in [0.15, 0.2) is 0 Å². The molecule has 0 fully saturated rings. The SMILES string of the molecule is Cc1sc2nc(CCNC(=O)c3cccc(-n4cnnc4)n3)[nH]c(=O)c2c1C. The first-order valence-electron chi connectivity index (χ1n) is 8.62. The van der Waals surface area contributed by atoms with Gasteiger partial charge >= 0.3 is 0 Å². The van der Waals surface area contributed by atoms with Gasteiger partial charge in [-0.3, -0.25) is 14.2 Å². The van der Waals surface area contributed by atoms with Crippen molar-refractivity contribution in [1.29, 1.82) is 0 Å². The van der Waals surface area contributed by atoms with E-state index in [1.54, 1.807) is 22.8 Å². The quantitative estimate of drug-likeness (QED) is 0.529. The Morgan fingerprint density at radius 1 is 1.21 bits per heavy atom. The van der Waals surface area contributed by atoms with Crippen molar-refractivity contribution in [3.63, 3.8) is 0 Å². The maximum Gasteiger partial charge on any atom is 0.269 e. The highest BCUT2D eigenvalue weighted by molar-refractivity contribution is 7.18. The van der Waals surface area contributed by atoms with Crippen LogP contribution in [0.1, 0.15) is 26.8 Å². The van der Waals surface area contributed by atoms with Gasteiger partial charge in [-0.2, -0.15) is 0 Å². The first-order valence-corrected chi connectivity index (χ1v) is 9.43. The molecular formula is C18H17N7O2S. The van der Waals surface area contributed by atoms with Gasteiger partial charge in [-0.1, -0.05) is 6.07 Å². The van der Waals surface area contributed by atoms with Gasteiger partial charge in [0, 0.05) is 17.8 Å². The summed E-state index contributed by atoms with van der Waals surface area (Å²) in [7, 11) is 0. The summed E-state index contributed by atoms with van der Waals surface area (Å²) in [5.41, 5.74) is 1.11.